The van der Waals surface area contributed by atoms with E-state index in [0.717, 1.165) is 38.5 Å². The number of carbonyl (C=O) groups is 3. The van der Waals surface area contributed by atoms with Gasteiger partial charge in [0.1, 0.15) is 11.2 Å². The Balaban J connectivity index is 1.41. The summed E-state index contributed by atoms with van der Waals surface area (Å²) < 4.78 is 1.51. The molecular weight excluding hydrogens is 442 g/mol. The van der Waals surface area contributed by atoms with E-state index < -0.39 is 5.54 Å². The fraction of sp³-hybridized carbons (Fsp3) is 0.556. The minimum atomic E-state index is -1.07. The molecule has 4 rings (SSSR count). The van der Waals surface area contributed by atoms with E-state index in [1.807, 2.05) is 25.1 Å². The summed E-state index contributed by atoms with van der Waals surface area (Å²) in [6, 6.07) is 11.8. The minimum absolute atomic E-state index is 0.0459. The average molecular weight is 480 g/mol. The molecule has 2 aromatic rings. The number of rotatable bonds is 7. The molecule has 1 aliphatic heterocycles. The van der Waals surface area contributed by atoms with Gasteiger partial charge in [-0.1, -0.05) is 56.0 Å². The molecule has 0 unspecified atom stereocenters. The Labute approximate surface area is 207 Å². The first-order valence-electron chi connectivity index (χ1n) is 12.8. The van der Waals surface area contributed by atoms with Gasteiger partial charge in [-0.25, -0.2) is 0 Å². The lowest BCUT2D eigenvalue weighted by Gasteiger charge is -2.41. The molecular formula is C27H37N5O3. The largest absolute Gasteiger partial charge is 0.351 e. The molecule has 0 bridgehead atoms. The van der Waals surface area contributed by atoms with Gasteiger partial charge in [-0.2, -0.15) is 5.10 Å². The van der Waals surface area contributed by atoms with Crippen molar-refractivity contribution in [2.75, 3.05) is 7.05 Å². The first kappa shape index (κ1) is 24.9. The number of hydrogen-bond acceptors (Lipinski definition) is 4. The maximum Gasteiger partial charge on any atom is 0.272 e. The SMILES string of the molecule is C[C@H](CCc1ccccc1)NC(=O)c1cc2n(n1)C[C@@](C)(C(=O)NC1CCCCCC1)N(C)C2=O. The highest BCUT2D eigenvalue weighted by Gasteiger charge is 2.46. The molecule has 8 heteroatoms. The minimum Gasteiger partial charge on any atom is -0.351 e. The monoisotopic (exact) mass is 479 g/mol. The Kier molecular flexibility index (Phi) is 7.57. The van der Waals surface area contributed by atoms with Gasteiger partial charge in [0, 0.05) is 25.2 Å². The van der Waals surface area contributed by atoms with Gasteiger partial charge in [-0.15, -0.1) is 0 Å². The number of hydrogen-bond donors (Lipinski definition) is 2. The molecule has 1 aromatic carbocycles. The molecule has 0 spiro atoms. The van der Waals surface area contributed by atoms with Gasteiger partial charge < -0.3 is 15.5 Å². The van der Waals surface area contributed by atoms with Crippen molar-refractivity contribution in [2.45, 2.75) is 89.4 Å². The summed E-state index contributed by atoms with van der Waals surface area (Å²) in [5, 5.41) is 10.6. The molecule has 2 N–H and O–H groups in total. The predicted octanol–water partition coefficient (Wildman–Crippen LogP) is 3.32. The fourth-order valence-electron chi connectivity index (χ4n) is 5.00. The zero-order chi connectivity index (χ0) is 25.0. The van der Waals surface area contributed by atoms with Crippen molar-refractivity contribution in [2.24, 2.45) is 0 Å². The molecule has 8 nitrogen and oxygen atoms in total. The molecule has 1 fully saturated rings. The highest BCUT2D eigenvalue weighted by atomic mass is 16.2. The van der Waals surface area contributed by atoms with Gasteiger partial charge in [0.25, 0.3) is 11.8 Å². The zero-order valence-corrected chi connectivity index (χ0v) is 21.0. The lowest BCUT2D eigenvalue weighted by molar-refractivity contribution is -0.133. The standard InChI is InChI=1S/C27H37N5O3/c1-19(15-16-20-11-7-6-8-12-20)28-24(33)22-17-23-25(34)31(3)27(2,18-32(23)30-22)26(35)29-21-13-9-4-5-10-14-21/h6-8,11-12,17,19,21H,4-5,9-10,13-16,18H2,1-3H3,(H,28,33)(H,29,35)/t19-,27+/m1/s1. The normalized spacial score (nSPS) is 21.7. The van der Waals surface area contributed by atoms with Crippen LogP contribution in [0.4, 0.5) is 0 Å². The number of benzene rings is 1. The van der Waals surface area contributed by atoms with Crippen LogP contribution in [0.1, 0.15) is 85.3 Å². The van der Waals surface area contributed by atoms with Crippen molar-refractivity contribution < 1.29 is 14.4 Å². The molecule has 188 valence electrons. The van der Waals surface area contributed by atoms with Crippen molar-refractivity contribution in [3.05, 3.63) is 53.3 Å². The number of aromatic nitrogens is 2. The van der Waals surface area contributed by atoms with Crippen LogP contribution in [-0.4, -0.2) is 57.1 Å². The number of likely N-dealkylation sites (N-methyl/N-ethyl adjacent to an activating group) is 1. The van der Waals surface area contributed by atoms with Crippen LogP contribution in [0.2, 0.25) is 0 Å². The second kappa shape index (κ2) is 10.6. The Bertz CT molecular complexity index is 1060. The van der Waals surface area contributed by atoms with E-state index >= 15 is 0 Å². The molecule has 1 saturated carbocycles. The number of fused-ring (bicyclic) bond motifs is 1. The van der Waals surface area contributed by atoms with E-state index in [4.69, 9.17) is 0 Å². The maximum absolute atomic E-state index is 13.3. The summed E-state index contributed by atoms with van der Waals surface area (Å²) in [5.41, 5.74) is 0.677. The van der Waals surface area contributed by atoms with Crippen LogP contribution in [0.15, 0.2) is 36.4 Å². The summed E-state index contributed by atoms with van der Waals surface area (Å²) in [7, 11) is 1.65. The third kappa shape index (κ3) is 5.57. The summed E-state index contributed by atoms with van der Waals surface area (Å²) in [6.45, 7) is 3.94. The molecule has 0 radical (unpaired) electrons. The molecule has 2 aliphatic rings. The predicted molar refractivity (Wildman–Crippen MR) is 134 cm³/mol. The van der Waals surface area contributed by atoms with Gasteiger partial charge in [0.05, 0.1) is 6.54 Å². The van der Waals surface area contributed by atoms with Crippen LogP contribution in [0, 0.1) is 0 Å². The van der Waals surface area contributed by atoms with Gasteiger partial charge in [-0.05, 0) is 45.1 Å². The van der Waals surface area contributed by atoms with Gasteiger partial charge in [0.15, 0.2) is 5.69 Å². The summed E-state index contributed by atoms with van der Waals surface area (Å²) >= 11 is 0. The molecule has 2 atom stereocenters. The summed E-state index contributed by atoms with van der Waals surface area (Å²) in [6.07, 6.45) is 8.23. The molecule has 2 heterocycles. The highest BCUT2D eigenvalue weighted by Crippen LogP contribution is 2.27. The van der Waals surface area contributed by atoms with Crippen LogP contribution < -0.4 is 10.6 Å². The number of nitrogens with zero attached hydrogens (tertiary/aromatic N) is 3. The van der Waals surface area contributed by atoms with E-state index in [0.29, 0.717) is 5.69 Å². The van der Waals surface area contributed by atoms with Crippen molar-refractivity contribution in [1.29, 1.82) is 0 Å². The number of carbonyl (C=O) groups excluding carboxylic acids is 3. The second-order valence-corrected chi connectivity index (χ2v) is 10.3. The van der Waals surface area contributed by atoms with Crippen molar-refractivity contribution in [3.63, 3.8) is 0 Å². The summed E-state index contributed by atoms with van der Waals surface area (Å²) in [4.78, 5) is 40.8. The Hall–Kier alpha value is -3.16. The average Bonchev–Trinajstić information content (AvgIpc) is 3.10. The van der Waals surface area contributed by atoms with E-state index in [2.05, 4.69) is 27.9 Å². The fourth-order valence-corrected chi connectivity index (χ4v) is 5.00. The summed E-state index contributed by atoms with van der Waals surface area (Å²) in [5.74, 6) is -0.784. The lowest BCUT2D eigenvalue weighted by Crippen LogP contribution is -2.63. The molecule has 35 heavy (non-hydrogen) atoms. The van der Waals surface area contributed by atoms with Crippen molar-refractivity contribution in [1.82, 2.24) is 25.3 Å². The first-order valence-corrected chi connectivity index (χ1v) is 12.8. The van der Waals surface area contributed by atoms with Crippen molar-refractivity contribution >= 4 is 17.7 Å². The van der Waals surface area contributed by atoms with E-state index in [1.54, 1.807) is 14.0 Å². The van der Waals surface area contributed by atoms with E-state index in [9.17, 15) is 14.4 Å². The number of nitrogens with one attached hydrogen (secondary N) is 2. The quantitative estimate of drug-likeness (QED) is 0.596. The third-order valence-electron chi connectivity index (χ3n) is 7.50. The molecule has 1 aromatic heterocycles. The Morgan fingerprint density at radius 1 is 1.14 bits per heavy atom. The third-order valence-corrected chi connectivity index (χ3v) is 7.50. The molecule has 0 saturated heterocycles. The first-order chi connectivity index (χ1) is 16.8. The van der Waals surface area contributed by atoms with E-state index in [1.165, 1.54) is 34.1 Å². The van der Waals surface area contributed by atoms with E-state index in [-0.39, 0.29) is 42.0 Å². The van der Waals surface area contributed by atoms with Gasteiger partial charge >= 0.3 is 0 Å². The smallest absolute Gasteiger partial charge is 0.272 e. The lowest BCUT2D eigenvalue weighted by atomic mass is 9.95. The molecule has 1 aliphatic carbocycles. The second-order valence-electron chi connectivity index (χ2n) is 10.3. The van der Waals surface area contributed by atoms with Gasteiger partial charge in [0.2, 0.25) is 5.91 Å². The van der Waals surface area contributed by atoms with Gasteiger partial charge in [-0.3, -0.25) is 19.1 Å². The number of amides is 3. The Morgan fingerprint density at radius 3 is 2.51 bits per heavy atom. The van der Waals surface area contributed by atoms with Crippen LogP contribution in [0.3, 0.4) is 0 Å². The Morgan fingerprint density at radius 2 is 1.83 bits per heavy atom. The molecule has 3 amide bonds. The zero-order valence-electron chi connectivity index (χ0n) is 21.0. The van der Waals surface area contributed by atoms with Crippen LogP contribution >= 0.6 is 0 Å². The maximum atomic E-state index is 13.3. The van der Waals surface area contributed by atoms with Crippen molar-refractivity contribution in [3.8, 4) is 0 Å². The van der Waals surface area contributed by atoms with Crippen LogP contribution in [-0.2, 0) is 17.8 Å². The highest BCUT2D eigenvalue weighted by molar-refractivity contribution is 6.01. The topological polar surface area (TPSA) is 96.3 Å². The number of aryl methyl sites for hydroxylation is 1. The van der Waals surface area contributed by atoms with Crippen LogP contribution in [0.5, 0.6) is 0 Å². The van der Waals surface area contributed by atoms with Crippen LogP contribution in [0.25, 0.3) is 0 Å².